The van der Waals surface area contributed by atoms with Crippen molar-refractivity contribution in [1.82, 2.24) is 0 Å². The Morgan fingerprint density at radius 3 is 0.894 bits per heavy atom. The third-order valence-electron chi connectivity index (χ3n) is 5.95. The molecule has 3 aromatic carbocycles. The predicted molar refractivity (Wildman–Crippen MR) is 138 cm³/mol. The Balaban J connectivity index is 2.38. The van der Waals surface area contributed by atoms with Gasteiger partial charge in [0.05, 0.1) is 31.5 Å². The minimum Gasteiger partial charge on any atom is -0.378 e. The van der Waals surface area contributed by atoms with E-state index in [1.807, 2.05) is 0 Å². The highest BCUT2D eigenvalue weighted by Gasteiger charge is 2.45. The van der Waals surface area contributed by atoms with Crippen molar-refractivity contribution in [3.05, 3.63) is 100 Å². The monoisotopic (exact) mass is 707 g/mol. The number of halogens is 9. The van der Waals surface area contributed by atoms with Gasteiger partial charge in [-0.3, -0.25) is 30.3 Å². The third-order valence-corrected chi connectivity index (χ3v) is 7.16. The van der Waals surface area contributed by atoms with Crippen molar-refractivity contribution < 1.29 is 72.4 Å². The molecule has 23 heteroatoms. The Morgan fingerprint density at radius 2 is 0.723 bits per heavy atom. The van der Waals surface area contributed by atoms with Crippen LogP contribution in [0.15, 0.2) is 36.4 Å². The van der Waals surface area contributed by atoms with Gasteiger partial charge in [-0.05, 0) is 55.7 Å². The second-order valence-corrected chi connectivity index (χ2v) is 10.9. The Kier molecular flexibility index (Phi) is 9.45. The Morgan fingerprint density at radius 1 is 0.511 bits per heavy atom. The summed E-state index contributed by atoms with van der Waals surface area (Å²) in [5.74, 6) is -4.03. The predicted octanol–water partition coefficient (Wildman–Crippen LogP) is 9.04. The molecular weight excluding hydrogens is 692 g/mol. The fourth-order valence-corrected chi connectivity index (χ4v) is 5.41. The molecule has 0 fully saturated rings. The van der Waals surface area contributed by atoms with Crippen molar-refractivity contribution in [3.63, 3.8) is 0 Å². The summed E-state index contributed by atoms with van der Waals surface area (Å²) in [5, 5.41) is 35.1. The minimum absolute atomic E-state index is 0.107. The van der Waals surface area contributed by atoms with Crippen LogP contribution in [0.5, 0.6) is 17.2 Å². The van der Waals surface area contributed by atoms with E-state index in [9.17, 15) is 74.4 Å². The summed E-state index contributed by atoms with van der Waals surface area (Å²) in [6, 6.07) is 0.401. The second-order valence-electron chi connectivity index (χ2n) is 9.41. The Labute approximate surface area is 254 Å². The maximum Gasteiger partial charge on any atom is 0.647 e. The van der Waals surface area contributed by atoms with Crippen molar-refractivity contribution in [1.29, 1.82) is 0 Å². The van der Waals surface area contributed by atoms with Gasteiger partial charge in [0.15, 0.2) is 0 Å². The van der Waals surface area contributed by atoms with E-state index in [2.05, 4.69) is 0 Å². The largest absolute Gasteiger partial charge is 0.647 e. The van der Waals surface area contributed by atoms with E-state index in [1.54, 1.807) is 0 Å². The normalized spacial score (nSPS) is 12.4. The fourth-order valence-electron chi connectivity index (χ4n) is 3.91. The van der Waals surface area contributed by atoms with Crippen LogP contribution in [0.3, 0.4) is 0 Å². The number of nitrogens with zero attached hydrogens (tertiary/aromatic N) is 3. The van der Waals surface area contributed by atoms with Crippen molar-refractivity contribution in [2.45, 2.75) is 39.3 Å². The van der Waals surface area contributed by atoms with Gasteiger partial charge in [0, 0.05) is 18.2 Å². The highest BCUT2D eigenvalue weighted by Crippen LogP contribution is 2.57. The van der Waals surface area contributed by atoms with Crippen molar-refractivity contribution in [2.24, 2.45) is 0 Å². The van der Waals surface area contributed by atoms with Crippen LogP contribution in [0.25, 0.3) is 0 Å². The fraction of sp³-hybridized carbons (Fsp3) is 0.250. The molecule has 0 heterocycles. The average Bonchev–Trinajstić information content (AvgIpc) is 2.89. The number of phosphoric ester groups is 1. The molecule has 0 N–H and O–H groups in total. The number of alkyl halides is 9. The average molecular weight is 707 g/mol. The number of aryl methyl sites for hydroxylation is 3. The van der Waals surface area contributed by atoms with Crippen molar-refractivity contribution >= 4 is 24.9 Å². The first-order valence-corrected chi connectivity index (χ1v) is 13.5. The zero-order valence-electron chi connectivity index (χ0n) is 23.2. The first kappa shape index (κ1) is 36.3. The number of rotatable bonds is 9. The summed E-state index contributed by atoms with van der Waals surface area (Å²) >= 11 is 0. The van der Waals surface area contributed by atoms with E-state index >= 15 is 0 Å². The summed E-state index contributed by atoms with van der Waals surface area (Å²) < 4.78 is 149. The van der Waals surface area contributed by atoms with Gasteiger partial charge in [-0.15, -0.1) is 0 Å². The molecule has 0 aliphatic carbocycles. The van der Waals surface area contributed by atoms with E-state index in [-0.39, 0.29) is 36.4 Å². The van der Waals surface area contributed by atoms with Crippen LogP contribution >= 0.6 is 7.82 Å². The molecule has 254 valence electrons. The standard InChI is InChI=1S/C24H15F9N3O10P/c1-10-4-13(22(25,26)27)7-16(34(37)38)19(10)44-47(43,45-20-11(2)5-14(23(28,29)30)8-17(20)35(39)40)46-21-12(3)6-15(24(31,32)33)9-18(21)36(41)42/h4-9H,1-3H3. The van der Waals surface area contributed by atoms with E-state index in [4.69, 9.17) is 13.6 Å². The lowest BCUT2D eigenvalue weighted by Gasteiger charge is -2.22. The molecule has 0 aliphatic heterocycles. The zero-order valence-corrected chi connectivity index (χ0v) is 24.1. The number of hydrogen-bond acceptors (Lipinski definition) is 10. The highest BCUT2D eigenvalue weighted by atomic mass is 31.2. The van der Waals surface area contributed by atoms with Gasteiger partial charge >= 0.3 is 43.4 Å². The molecule has 0 spiro atoms. The molecule has 0 saturated heterocycles. The summed E-state index contributed by atoms with van der Waals surface area (Å²) in [6.07, 6.45) is -15.6. The van der Waals surface area contributed by atoms with Crippen LogP contribution in [-0.2, 0) is 23.1 Å². The molecule has 0 aliphatic rings. The van der Waals surface area contributed by atoms with Crippen LogP contribution < -0.4 is 13.6 Å². The lowest BCUT2D eigenvalue weighted by atomic mass is 10.1. The lowest BCUT2D eigenvalue weighted by Crippen LogP contribution is -2.14. The number of nitro benzene ring substituents is 3. The van der Waals surface area contributed by atoms with Gasteiger partial charge in [0.2, 0.25) is 17.2 Å². The second kappa shape index (κ2) is 12.2. The maximum absolute atomic E-state index is 14.1. The number of nitro groups is 3. The van der Waals surface area contributed by atoms with E-state index in [0.717, 1.165) is 20.8 Å². The highest BCUT2D eigenvalue weighted by molar-refractivity contribution is 7.49. The van der Waals surface area contributed by atoms with E-state index < -0.39 is 109 Å². The molecule has 47 heavy (non-hydrogen) atoms. The van der Waals surface area contributed by atoms with E-state index in [1.165, 1.54) is 0 Å². The quantitative estimate of drug-likeness (QED) is 0.0903. The first-order valence-electron chi connectivity index (χ1n) is 12.0. The number of hydrogen-bond donors (Lipinski definition) is 0. The van der Waals surface area contributed by atoms with Gasteiger partial charge in [0.25, 0.3) is 0 Å². The van der Waals surface area contributed by atoms with Gasteiger partial charge in [-0.25, -0.2) is 0 Å². The van der Waals surface area contributed by atoms with Gasteiger partial charge in [-0.1, -0.05) is 0 Å². The molecule has 0 aromatic heterocycles. The van der Waals surface area contributed by atoms with Crippen molar-refractivity contribution in [2.75, 3.05) is 0 Å². The molecule has 13 nitrogen and oxygen atoms in total. The topological polar surface area (TPSA) is 174 Å². The van der Waals surface area contributed by atoms with Crippen LogP contribution in [-0.4, -0.2) is 14.8 Å². The molecule has 0 radical (unpaired) electrons. The van der Waals surface area contributed by atoms with Gasteiger partial charge in [0.1, 0.15) is 0 Å². The summed E-state index contributed by atoms with van der Waals surface area (Å²) in [5.41, 5.74) is -12.1. The maximum atomic E-state index is 14.1. The van der Waals surface area contributed by atoms with Crippen molar-refractivity contribution in [3.8, 4) is 17.2 Å². The molecule has 3 rings (SSSR count). The number of phosphoric acid groups is 1. The Bertz CT molecular complexity index is 1640. The van der Waals surface area contributed by atoms with Crippen LogP contribution in [0.4, 0.5) is 56.6 Å². The van der Waals surface area contributed by atoms with Crippen LogP contribution in [0.1, 0.15) is 33.4 Å². The smallest absolute Gasteiger partial charge is 0.378 e. The summed E-state index contributed by atoms with van der Waals surface area (Å²) in [6.45, 7) is 2.25. The van der Waals surface area contributed by atoms with Gasteiger partial charge < -0.3 is 13.6 Å². The van der Waals surface area contributed by atoms with Gasteiger partial charge in [-0.2, -0.15) is 44.1 Å². The van der Waals surface area contributed by atoms with Crippen LogP contribution in [0.2, 0.25) is 0 Å². The lowest BCUT2D eigenvalue weighted by molar-refractivity contribution is -0.386. The number of benzene rings is 3. The first-order chi connectivity index (χ1) is 21.2. The molecule has 0 amide bonds. The minimum atomic E-state index is -6.09. The van der Waals surface area contributed by atoms with E-state index in [0.29, 0.717) is 0 Å². The Hall–Kier alpha value is -5.14. The molecule has 0 bridgehead atoms. The molecule has 0 unspecified atom stereocenters. The summed E-state index contributed by atoms with van der Waals surface area (Å²) in [4.78, 5) is 30.7. The molecule has 3 aromatic rings. The third kappa shape index (κ3) is 7.99. The summed E-state index contributed by atoms with van der Waals surface area (Å²) in [7, 11) is -6.09. The zero-order chi connectivity index (χ0) is 36.0. The molecular formula is C24H15F9N3O10P. The molecule has 0 saturated carbocycles. The SMILES string of the molecule is Cc1cc(C(F)(F)F)cc([N+](=O)[O-])c1OP(=O)(Oc1c(C)cc(C(F)(F)F)cc1[N+](=O)[O-])Oc1c(C)cc(C(F)(F)F)cc1[N+](=O)[O-]. The molecule has 0 atom stereocenters. The van der Waals surface area contributed by atoms with Crippen LogP contribution in [0, 0.1) is 51.1 Å².